The van der Waals surface area contributed by atoms with Gasteiger partial charge in [0.1, 0.15) is 0 Å². The second kappa shape index (κ2) is 6.32. The van der Waals surface area contributed by atoms with Gasteiger partial charge >= 0.3 is 0 Å². The topological polar surface area (TPSA) is 55.4 Å². The SMILES string of the molecule is CNC(C1CCOC2(CCCCC2)C1)C(C)S(C)(=O)=O. The molecule has 0 bridgehead atoms. The Bertz CT molecular complexity index is 409. The third-order valence-corrected chi connectivity index (χ3v) is 6.96. The summed E-state index contributed by atoms with van der Waals surface area (Å²) < 4.78 is 29.9. The molecule has 0 aromatic rings. The molecule has 1 N–H and O–H groups in total. The van der Waals surface area contributed by atoms with Crippen LogP contribution >= 0.6 is 0 Å². The van der Waals surface area contributed by atoms with E-state index in [1.54, 1.807) is 0 Å². The molecule has 1 saturated carbocycles. The molecule has 1 spiro atoms. The lowest BCUT2D eigenvalue weighted by Gasteiger charge is -2.46. The van der Waals surface area contributed by atoms with Gasteiger partial charge in [-0.1, -0.05) is 19.3 Å². The van der Waals surface area contributed by atoms with Crippen LogP contribution in [-0.2, 0) is 14.6 Å². The van der Waals surface area contributed by atoms with E-state index in [0.29, 0.717) is 5.92 Å². The summed E-state index contributed by atoms with van der Waals surface area (Å²) in [6.45, 7) is 2.61. The van der Waals surface area contributed by atoms with E-state index in [9.17, 15) is 8.42 Å². The number of ether oxygens (including phenoxy) is 1. The number of rotatable bonds is 4. The first-order valence-corrected chi connectivity index (χ1v) is 9.83. The highest BCUT2D eigenvalue weighted by Crippen LogP contribution is 2.42. The van der Waals surface area contributed by atoms with Crippen LogP contribution in [0.25, 0.3) is 0 Å². The molecule has 0 amide bonds. The molecule has 1 heterocycles. The van der Waals surface area contributed by atoms with Crippen molar-refractivity contribution in [2.75, 3.05) is 19.9 Å². The Balaban J connectivity index is 2.10. The van der Waals surface area contributed by atoms with E-state index in [-0.39, 0.29) is 16.9 Å². The fraction of sp³-hybridized carbons (Fsp3) is 1.00. The van der Waals surface area contributed by atoms with Crippen LogP contribution in [0.2, 0.25) is 0 Å². The molecule has 3 unspecified atom stereocenters. The Morgan fingerprint density at radius 3 is 2.45 bits per heavy atom. The lowest BCUT2D eigenvalue weighted by Crippen LogP contribution is -2.52. The summed E-state index contributed by atoms with van der Waals surface area (Å²) in [7, 11) is -1.12. The normalized spacial score (nSPS) is 30.1. The maximum atomic E-state index is 11.9. The van der Waals surface area contributed by atoms with Crippen molar-refractivity contribution < 1.29 is 13.2 Å². The average Bonchev–Trinajstić information content (AvgIpc) is 2.39. The molecule has 4 nitrogen and oxygen atoms in total. The third-order valence-electron chi connectivity index (χ3n) is 5.32. The fourth-order valence-electron chi connectivity index (χ4n) is 4.04. The maximum absolute atomic E-state index is 11.9. The van der Waals surface area contributed by atoms with Crippen molar-refractivity contribution in [2.24, 2.45) is 5.92 Å². The molecule has 2 aliphatic rings. The number of hydrogen-bond acceptors (Lipinski definition) is 4. The van der Waals surface area contributed by atoms with Gasteiger partial charge in [-0.05, 0) is 45.6 Å². The highest BCUT2D eigenvalue weighted by Gasteiger charge is 2.42. The second-order valence-corrected chi connectivity index (χ2v) is 9.10. The van der Waals surface area contributed by atoms with Crippen molar-refractivity contribution in [3.05, 3.63) is 0 Å². The number of nitrogens with one attached hydrogen (secondary N) is 1. The van der Waals surface area contributed by atoms with Crippen molar-refractivity contribution in [3.8, 4) is 0 Å². The van der Waals surface area contributed by atoms with Gasteiger partial charge < -0.3 is 10.1 Å². The van der Waals surface area contributed by atoms with Gasteiger partial charge in [0.2, 0.25) is 0 Å². The van der Waals surface area contributed by atoms with E-state index in [1.165, 1.54) is 25.5 Å². The van der Waals surface area contributed by atoms with E-state index in [4.69, 9.17) is 4.74 Å². The first-order chi connectivity index (χ1) is 9.38. The molecule has 1 saturated heterocycles. The van der Waals surface area contributed by atoms with Crippen LogP contribution in [0.4, 0.5) is 0 Å². The van der Waals surface area contributed by atoms with Crippen LogP contribution in [0.1, 0.15) is 51.9 Å². The van der Waals surface area contributed by atoms with E-state index < -0.39 is 9.84 Å². The molecule has 20 heavy (non-hydrogen) atoms. The standard InChI is InChI=1S/C15H29NO3S/c1-12(20(3,17)18)14(16-2)13-7-10-19-15(11-13)8-5-4-6-9-15/h12-14,16H,4-11H2,1-3H3. The van der Waals surface area contributed by atoms with E-state index in [1.807, 2.05) is 14.0 Å². The molecule has 1 aliphatic carbocycles. The van der Waals surface area contributed by atoms with Crippen molar-refractivity contribution in [2.45, 2.75) is 68.8 Å². The highest BCUT2D eigenvalue weighted by atomic mass is 32.2. The van der Waals surface area contributed by atoms with Crippen LogP contribution < -0.4 is 5.32 Å². The molecule has 2 rings (SSSR count). The van der Waals surface area contributed by atoms with Crippen LogP contribution in [0, 0.1) is 5.92 Å². The van der Waals surface area contributed by atoms with Gasteiger partial charge in [-0.25, -0.2) is 8.42 Å². The Labute approximate surface area is 123 Å². The first-order valence-electron chi connectivity index (χ1n) is 7.88. The zero-order valence-corrected chi connectivity index (χ0v) is 13.8. The van der Waals surface area contributed by atoms with E-state index in [0.717, 1.165) is 32.3 Å². The van der Waals surface area contributed by atoms with Gasteiger partial charge in [0.05, 0.1) is 10.9 Å². The first kappa shape index (κ1) is 16.2. The summed E-state index contributed by atoms with van der Waals surface area (Å²) in [6.07, 6.45) is 9.42. The smallest absolute Gasteiger partial charge is 0.151 e. The zero-order valence-electron chi connectivity index (χ0n) is 13.0. The van der Waals surface area contributed by atoms with Crippen molar-refractivity contribution in [1.29, 1.82) is 0 Å². The average molecular weight is 303 g/mol. The monoisotopic (exact) mass is 303 g/mol. The third kappa shape index (κ3) is 3.55. The Kier molecular flexibility index (Phi) is 5.14. The predicted octanol–water partition coefficient (Wildman–Crippen LogP) is 2.14. The molecule has 0 radical (unpaired) electrons. The molecule has 3 atom stereocenters. The van der Waals surface area contributed by atoms with Crippen LogP contribution in [0.3, 0.4) is 0 Å². The minimum Gasteiger partial charge on any atom is -0.375 e. The second-order valence-electron chi connectivity index (χ2n) is 6.69. The van der Waals surface area contributed by atoms with Gasteiger partial charge in [0.25, 0.3) is 0 Å². The summed E-state index contributed by atoms with van der Waals surface area (Å²) in [5, 5.41) is 2.93. The van der Waals surface area contributed by atoms with Crippen LogP contribution in [-0.4, -0.2) is 45.2 Å². The largest absolute Gasteiger partial charge is 0.375 e. The molecule has 118 valence electrons. The minimum atomic E-state index is -3.01. The van der Waals surface area contributed by atoms with Crippen LogP contribution in [0.15, 0.2) is 0 Å². The Morgan fingerprint density at radius 1 is 1.25 bits per heavy atom. The molecule has 1 aliphatic heterocycles. The molecule has 5 heteroatoms. The molecular formula is C15H29NO3S. The Hall–Kier alpha value is -0.130. The summed E-state index contributed by atoms with van der Waals surface area (Å²) >= 11 is 0. The quantitative estimate of drug-likeness (QED) is 0.864. The molecular weight excluding hydrogens is 274 g/mol. The lowest BCUT2D eigenvalue weighted by atomic mass is 9.73. The van der Waals surface area contributed by atoms with Gasteiger partial charge in [-0.15, -0.1) is 0 Å². The Morgan fingerprint density at radius 2 is 1.90 bits per heavy atom. The lowest BCUT2D eigenvalue weighted by molar-refractivity contribution is -0.121. The predicted molar refractivity (Wildman–Crippen MR) is 81.6 cm³/mol. The molecule has 0 aromatic carbocycles. The van der Waals surface area contributed by atoms with Gasteiger partial charge in [0.15, 0.2) is 9.84 Å². The van der Waals surface area contributed by atoms with Crippen molar-refractivity contribution in [1.82, 2.24) is 5.32 Å². The molecule has 2 fully saturated rings. The summed E-state index contributed by atoms with van der Waals surface area (Å²) in [6, 6.07) is 0.0349. The fourth-order valence-corrected chi connectivity index (χ4v) is 4.93. The van der Waals surface area contributed by atoms with Crippen LogP contribution in [0.5, 0.6) is 0 Å². The van der Waals surface area contributed by atoms with Crippen molar-refractivity contribution in [3.63, 3.8) is 0 Å². The maximum Gasteiger partial charge on any atom is 0.151 e. The zero-order chi connectivity index (χ0) is 14.8. The van der Waals surface area contributed by atoms with Gasteiger partial charge in [-0.3, -0.25) is 0 Å². The van der Waals surface area contributed by atoms with Gasteiger partial charge in [0, 0.05) is 18.9 Å². The number of sulfone groups is 1. The summed E-state index contributed by atoms with van der Waals surface area (Å²) in [5.74, 6) is 0.400. The number of hydrogen-bond donors (Lipinski definition) is 1. The molecule has 0 aromatic heterocycles. The van der Waals surface area contributed by atoms with Gasteiger partial charge in [-0.2, -0.15) is 0 Å². The van der Waals surface area contributed by atoms with Crippen molar-refractivity contribution >= 4 is 9.84 Å². The van der Waals surface area contributed by atoms with E-state index >= 15 is 0 Å². The summed E-state index contributed by atoms with van der Waals surface area (Å²) in [5.41, 5.74) is 0.0352. The van der Waals surface area contributed by atoms with E-state index in [2.05, 4.69) is 5.32 Å². The highest BCUT2D eigenvalue weighted by molar-refractivity contribution is 7.91. The minimum absolute atomic E-state index is 0.0349. The summed E-state index contributed by atoms with van der Waals surface area (Å²) in [4.78, 5) is 0.